The normalized spacial score (nSPS) is 22.3. The quantitative estimate of drug-likeness (QED) is 0.731. The summed E-state index contributed by atoms with van der Waals surface area (Å²) in [7, 11) is 0. The highest BCUT2D eigenvalue weighted by Crippen LogP contribution is 2.27. The first-order valence-corrected chi connectivity index (χ1v) is 9.58. The largest absolute Gasteiger partial charge is 0.494 e. The molecule has 26 heavy (non-hydrogen) atoms. The number of halogens is 1. The Labute approximate surface area is 153 Å². The second-order valence-electron chi connectivity index (χ2n) is 7.18. The molecule has 0 saturated heterocycles. The second-order valence-corrected chi connectivity index (χ2v) is 7.18. The van der Waals surface area contributed by atoms with E-state index in [0.29, 0.717) is 38.8 Å². The van der Waals surface area contributed by atoms with Crippen LogP contribution in [0.4, 0.5) is 10.1 Å². The number of fused-ring (bicyclic) bond motifs is 1. The van der Waals surface area contributed by atoms with Crippen LogP contribution in [0.3, 0.4) is 0 Å². The van der Waals surface area contributed by atoms with E-state index in [4.69, 9.17) is 4.74 Å². The van der Waals surface area contributed by atoms with Gasteiger partial charge in [-0.2, -0.15) is 0 Å². The van der Waals surface area contributed by atoms with Gasteiger partial charge in [-0.3, -0.25) is 9.59 Å². The fourth-order valence-electron chi connectivity index (χ4n) is 3.60. The van der Waals surface area contributed by atoms with Crippen molar-refractivity contribution in [2.75, 3.05) is 18.5 Å². The van der Waals surface area contributed by atoms with Crippen LogP contribution in [0.5, 0.6) is 5.75 Å². The Balaban J connectivity index is 1.33. The van der Waals surface area contributed by atoms with Gasteiger partial charge in [0.15, 0.2) is 0 Å². The van der Waals surface area contributed by atoms with Gasteiger partial charge in [0.25, 0.3) is 0 Å². The maximum Gasteiger partial charge on any atom is 0.224 e. The van der Waals surface area contributed by atoms with Crippen molar-refractivity contribution >= 4 is 17.5 Å². The lowest BCUT2D eigenvalue weighted by molar-refractivity contribution is -0.121. The summed E-state index contributed by atoms with van der Waals surface area (Å²) >= 11 is 0. The number of aryl methyl sites for hydroxylation is 1. The Morgan fingerprint density at radius 1 is 1.27 bits per heavy atom. The number of alkyl halides is 1. The lowest BCUT2D eigenvalue weighted by Gasteiger charge is -2.25. The van der Waals surface area contributed by atoms with E-state index in [2.05, 4.69) is 10.6 Å². The summed E-state index contributed by atoms with van der Waals surface area (Å²) in [6.45, 7) is 0.894. The number of anilines is 1. The van der Waals surface area contributed by atoms with Crippen molar-refractivity contribution in [1.29, 1.82) is 0 Å². The highest BCUT2D eigenvalue weighted by atomic mass is 19.1. The zero-order valence-electron chi connectivity index (χ0n) is 15.1. The molecule has 0 aromatic heterocycles. The molecule has 3 rings (SSSR count). The van der Waals surface area contributed by atoms with Gasteiger partial charge in [-0.05, 0) is 49.4 Å². The van der Waals surface area contributed by atoms with E-state index in [0.717, 1.165) is 42.7 Å². The van der Waals surface area contributed by atoms with Crippen molar-refractivity contribution in [1.82, 2.24) is 5.32 Å². The summed E-state index contributed by atoms with van der Waals surface area (Å²) in [5.41, 5.74) is 1.93. The molecular weight excluding hydrogens is 335 g/mol. The number of carbonyl (C=O) groups excluding carboxylic acids is 2. The number of rotatable bonds is 7. The van der Waals surface area contributed by atoms with E-state index < -0.39 is 6.17 Å². The molecule has 1 aliphatic carbocycles. The standard InChI is InChI=1S/C20H27FN2O3/c21-17-5-2-1-4-15(17)13-22-19(24)6-3-11-26-16-8-9-18-14(12-16)7-10-20(25)23-18/h8-9,12,15,17H,1-7,10-11,13H2,(H,22,24)(H,23,25). The first-order valence-electron chi connectivity index (χ1n) is 9.58. The van der Waals surface area contributed by atoms with Crippen LogP contribution < -0.4 is 15.4 Å². The van der Waals surface area contributed by atoms with Crippen LogP contribution in [0.25, 0.3) is 0 Å². The highest BCUT2D eigenvalue weighted by molar-refractivity contribution is 5.94. The molecule has 1 aliphatic heterocycles. The lowest BCUT2D eigenvalue weighted by atomic mass is 9.87. The Kier molecular flexibility index (Phi) is 6.47. The molecule has 0 radical (unpaired) electrons. The van der Waals surface area contributed by atoms with Gasteiger partial charge in [-0.15, -0.1) is 0 Å². The Bertz CT molecular complexity index is 650. The smallest absolute Gasteiger partial charge is 0.224 e. The monoisotopic (exact) mass is 362 g/mol. The fraction of sp³-hybridized carbons (Fsp3) is 0.600. The van der Waals surface area contributed by atoms with E-state index in [1.165, 1.54) is 0 Å². The minimum atomic E-state index is -0.777. The minimum Gasteiger partial charge on any atom is -0.494 e. The van der Waals surface area contributed by atoms with Gasteiger partial charge in [0.1, 0.15) is 11.9 Å². The van der Waals surface area contributed by atoms with Gasteiger partial charge in [-0.25, -0.2) is 4.39 Å². The van der Waals surface area contributed by atoms with Gasteiger partial charge < -0.3 is 15.4 Å². The SMILES string of the molecule is O=C(CCCOc1ccc2c(c1)CCC(=O)N2)NCC1CCCCC1F. The number of hydrogen-bond acceptors (Lipinski definition) is 3. The van der Waals surface area contributed by atoms with Crippen molar-refractivity contribution in [3.63, 3.8) is 0 Å². The molecule has 1 heterocycles. The molecule has 2 aliphatic rings. The van der Waals surface area contributed by atoms with Crippen LogP contribution in [0, 0.1) is 5.92 Å². The van der Waals surface area contributed by atoms with Crippen LogP contribution in [0.1, 0.15) is 50.5 Å². The van der Waals surface area contributed by atoms with E-state index >= 15 is 0 Å². The molecule has 1 fully saturated rings. The van der Waals surface area contributed by atoms with E-state index in [9.17, 15) is 14.0 Å². The molecule has 0 spiro atoms. The molecule has 0 bridgehead atoms. The number of ether oxygens (including phenoxy) is 1. The Morgan fingerprint density at radius 2 is 2.12 bits per heavy atom. The van der Waals surface area contributed by atoms with E-state index in [1.807, 2.05) is 18.2 Å². The third kappa shape index (κ3) is 5.19. The number of benzene rings is 1. The molecule has 1 aromatic carbocycles. The Morgan fingerprint density at radius 3 is 2.96 bits per heavy atom. The molecule has 1 aromatic rings. The molecule has 1 saturated carbocycles. The third-order valence-electron chi connectivity index (χ3n) is 5.17. The van der Waals surface area contributed by atoms with Gasteiger partial charge in [0.2, 0.25) is 11.8 Å². The molecule has 142 valence electrons. The number of amides is 2. The van der Waals surface area contributed by atoms with Gasteiger partial charge in [0.05, 0.1) is 6.61 Å². The molecule has 2 N–H and O–H groups in total. The molecule has 5 nitrogen and oxygen atoms in total. The summed E-state index contributed by atoms with van der Waals surface area (Å²) in [4.78, 5) is 23.3. The molecule has 2 amide bonds. The van der Waals surface area contributed by atoms with Crippen LogP contribution in [0.2, 0.25) is 0 Å². The lowest BCUT2D eigenvalue weighted by Crippen LogP contribution is -2.35. The predicted octanol–water partition coefficient (Wildman–Crippen LogP) is 3.37. The average molecular weight is 362 g/mol. The first kappa shape index (κ1) is 18.7. The van der Waals surface area contributed by atoms with Crippen molar-refractivity contribution in [2.24, 2.45) is 5.92 Å². The van der Waals surface area contributed by atoms with Crippen LogP contribution in [0.15, 0.2) is 18.2 Å². The molecule has 2 atom stereocenters. The maximum atomic E-state index is 13.7. The molecule has 2 unspecified atom stereocenters. The topological polar surface area (TPSA) is 67.4 Å². The van der Waals surface area contributed by atoms with Gasteiger partial charge >= 0.3 is 0 Å². The average Bonchev–Trinajstić information content (AvgIpc) is 2.64. The molecular formula is C20H27FN2O3. The third-order valence-corrected chi connectivity index (χ3v) is 5.17. The summed E-state index contributed by atoms with van der Waals surface area (Å²) in [6.07, 6.45) is 4.93. The van der Waals surface area contributed by atoms with E-state index in [1.54, 1.807) is 0 Å². The van der Waals surface area contributed by atoms with E-state index in [-0.39, 0.29) is 17.7 Å². The van der Waals surface area contributed by atoms with Gasteiger partial charge in [-0.1, -0.05) is 12.8 Å². The van der Waals surface area contributed by atoms with Crippen molar-refractivity contribution in [3.05, 3.63) is 23.8 Å². The Hall–Kier alpha value is -2.11. The zero-order valence-corrected chi connectivity index (χ0v) is 15.1. The molecule has 6 heteroatoms. The highest BCUT2D eigenvalue weighted by Gasteiger charge is 2.24. The number of carbonyl (C=O) groups is 2. The summed E-state index contributed by atoms with van der Waals surface area (Å²) in [5.74, 6) is 0.728. The maximum absolute atomic E-state index is 13.7. The fourth-order valence-corrected chi connectivity index (χ4v) is 3.60. The number of nitrogens with one attached hydrogen (secondary N) is 2. The van der Waals surface area contributed by atoms with Crippen molar-refractivity contribution in [3.8, 4) is 5.75 Å². The summed E-state index contributed by atoms with van der Waals surface area (Å²) in [5, 5.41) is 5.69. The zero-order chi connectivity index (χ0) is 18.4. The summed E-state index contributed by atoms with van der Waals surface area (Å²) < 4.78 is 19.4. The van der Waals surface area contributed by atoms with Crippen molar-refractivity contribution in [2.45, 2.75) is 57.5 Å². The van der Waals surface area contributed by atoms with Crippen LogP contribution in [-0.4, -0.2) is 31.1 Å². The van der Waals surface area contributed by atoms with Crippen molar-refractivity contribution < 1.29 is 18.7 Å². The number of hydrogen-bond donors (Lipinski definition) is 2. The summed E-state index contributed by atoms with van der Waals surface area (Å²) in [6, 6.07) is 5.63. The van der Waals surface area contributed by atoms with Crippen LogP contribution in [-0.2, 0) is 16.0 Å². The minimum absolute atomic E-state index is 0.0278. The van der Waals surface area contributed by atoms with Crippen LogP contribution >= 0.6 is 0 Å². The second kappa shape index (κ2) is 9.01. The predicted molar refractivity (Wildman–Crippen MR) is 98.0 cm³/mol. The first-order chi connectivity index (χ1) is 12.6. The van der Waals surface area contributed by atoms with Gasteiger partial charge in [0, 0.05) is 31.0 Å².